The molecule has 4 rings (SSSR count). The number of aryl methyl sites for hydroxylation is 1. The van der Waals surface area contributed by atoms with E-state index in [1.54, 1.807) is 21.9 Å². The summed E-state index contributed by atoms with van der Waals surface area (Å²) in [6.07, 6.45) is 2.38. The predicted molar refractivity (Wildman–Crippen MR) is 140 cm³/mol. The highest BCUT2D eigenvalue weighted by Crippen LogP contribution is 2.24. The van der Waals surface area contributed by atoms with Gasteiger partial charge in [-0.25, -0.2) is 0 Å². The Balaban J connectivity index is 1.53. The van der Waals surface area contributed by atoms with Gasteiger partial charge in [0.1, 0.15) is 18.1 Å². The number of hydrogen-bond acceptors (Lipinski definition) is 4. The predicted octanol–water partition coefficient (Wildman–Crippen LogP) is 5.79. The molecule has 2 heterocycles. The molecule has 0 bridgehead atoms. The number of carbonyl (C=O) groups is 2. The number of ether oxygens (including phenoxy) is 1. The lowest BCUT2D eigenvalue weighted by atomic mass is 10.1. The molecule has 0 aliphatic carbocycles. The first kappa shape index (κ1) is 26.3. The number of furan rings is 1. The van der Waals surface area contributed by atoms with E-state index < -0.39 is 0 Å². The molecule has 1 saturated heterocycles. The van der Waals surface area contributed by atoms with Gasteiger partial charge in [-0.2, -0.15) is 0 Å². The molecular weight excluding hydrogens is 499 g/mol. The third kappa shape index (κ3) is 7.12. The van der Waals surface area contributed by atoms with Crippen LogP contribution in [-0.4, -0.2) is 54.0 Å². The maximum atomic E-state index is 13.6. The van der Waals surface area contributed by atoms with E-state index in [0.29, 0.717) is 54.0 Å². The van der Waals surface area contributed by atoms with Gasteiger partial charge < -0.3 is 19.0 Å². The lowest BCUT2D eigenvalue weighted by Crippen LogP contribution is -2.46. The van der Waals surface area contributed by atoms with Gasteiger partial charge in [0.2, 0.25) is 5.91 Å². The fourth-order valence-electron chi connectivity index (χ4n) is 4.29. The molecule has 0 spiro atoms. The summed E-state index contributed by atoms with van der Waals surface area (Å²) in [5.41, 5.74) is 1.52. The first-order chi connectivity index (χ1) is 17.4. The summed E-state index contributed by atoms with van der Waals surface area (Å²) < 4.78 is 11.5. The molecule has 36 heavy (non-hydrogen) atoms. The van der Waals surface area contributed by atoms with Crippen molar-refractivity contribution in [1.29, 1.82) is 0 Å². The van der Waals surface area contributed by atoms with Crippen molar-refractivity contribution in [3.63, 3.8) is 0 Å². The third-order valence-corrected chi connectivity index (χ3v) is 6.98. The zero-order valence-corrected chi connectivity index (χ0v) is 21.8. The number of carbonyl (C=O) groups excluding carboxylic acids is 2. The van der Waals surface area contributed by atoms with Gasteiger partial charge in [-0.3, -0.25) is 9.59 Å². The molecule has 2 aromatic carbocycles. The lowest BCUT2D eigenvalue weighted by Gasteiger charge is -2.29. The van der Waals surface area contributed by atoms with E-state index in [4.69, 9.17) is 32.4 Å². The average molecular weight is 529 g/mol. The van der Waals surface area contributed by atoms with Crippen molar-refractivity contribution in [3.8, 4) is 0 Å². The first-order valence-electron chi connectivity index (χ1n) is 12.1. The van der Waals surface area contributed by atoms with E-state index >= 15 is 0 Å². The third-order valence-electron chi connectivity index (χ3n) is 6.24. The molecule has 1 aliphatic heterocycles. The number of halogens is 2. The Hall–Kier alpha value is -2.80. The Morgan fingerprint density at radius 2 is 1.81 bits per heavy atom. The summed E-state index contributed by atoms with van der Waals surface area (Å²) in [5.74, 6) is 1.05. The zero-order chi connectivity index (χ0) is 25.5. The van der Waals surface area contributed by atoms with Crippen LogP contribution in [0.3, 0.4) is 0 Å². The number of benzene rings is 2. The highest BCUT2D eigenvalue weighted by molar-refractivity contribution is 6.42. The smallest absolute Gasteiger partial charge is 0.254 e. The maximum absolute atomic E-state index is 13.6. The van der Waals surface area contributed by atoms with Crippen molar-refractivity contribution in [1.82, 2.24) is 9.80 Å². The zero-order valence-electron chi connectivity index (χ0n) is 20.3. The molecule has 0 radical (unpaired) electrons. The highest BCUT2D eigenvalue weighted by atomic mass is 35.5. The summed E-state index contributed by atoms with van der Waals surface area (Å²) >= 11 is 12.2. The van der Waals surface area contributed by atoms with E-state index in [2.05, 4.69) is 0 Å². The van der Waals surface area contributed by atoms with Gasteiger partial charge in [-0.15, -0.1) is 0 Å². The minimum Gasteiger partial charge on any atom is -0.464 e. The molecule has 2 amide bonds. The second-order valence-corrected chi connectivity index (χ2v) is 9.83. The number of nitrogens with zero attached hydrogens (tertiary/aromatic N) is 2. The van der Waals surface area contributed by atoms with E-state index in [1.165, 1.54) is 6.07 Å². The van der Waals surface area contributed by atoms with Crippen molar-refractivity contribution < 1.29 is 18.7 Å². The van der Waals surface area contributed by atoms with Crippen molar-refractivity contribution in [2.24, 2.45) is 0 Å². The van der Waals surface area contributed by atoms with Crippen LogP contribution in [0.2, 0.25) is 10.0 Å². The van der Waals surface area contributed by atoms with E-state index in [0.717, 1.165) is 24.2 Å². The molecule has 0 N–H and O–H groups in total. The molecule has 0 saturated carbocycles. The van der Waals surface area contributed by atoms with E-state index in [9.17, 15) is 9.59 Å². The van der Waals surface area contributed by atoms with Crippen LogP contribution >= 0.6 is 23.2 Å². The molecule has 190 valence electrons. The van der Waals surface area contributed by atoms with Crippen LogP contribution in [0.1, 0.15) is 40.3 Å². The molecule has 8 heteroatoms. The van der Waals surface area contributed by atoms with Gasteiger partial charge in [0.05, 0.1) is 22.7 Å². The van der Waals surface area contributed by atoms with Crippen LogP contribution in [0.5, 0.6) is 0 Å². The van der Waals surface area contributed by atoms with Gasteiger partial charge in [0.25, 0.3) is 5.91 Å². The van der Waals surface area contributed by atoms with Gasteiger partial charge in [0.15, 0.2) is 0 Å². The van der Waals surface area contributed by atoms with Gasteiger partial charge in [-0.05, 0) is 62.1 Å². The van der Waals surface area contributed by atoms with Gasteiger partial charge in [0, 0.05) is 25.3 Å². The van der Waals surface area contributed by atoms with Crippen LogP contribution in [-0.2, 0) is 22.5 Å². The standard InChI is InChI=1S/C28H30Cl2N2O4/c1-20-9-11-24(36-20)18-31(14-13-21-6-3-2-4-7-21)27(33)19-32(17-23-8-5-15-35-23)28(34)22-10-12-25(29)26(30)16-22/h2-4,6-7,9-12,16,23H,5,8,13-15,17-19H2,1H3. The second kappa shape index (κ2) is 12.4. The van der Waals surface area contributed by atoms with Crippen molar-refractivity contribution in [2.45, 2.75) is 38.8 Å². The summed E-state index contributed by atoms with van der Waals surface area (Å²) in [4.78, 5) is 30.4. The van der Waals surface area contributed by atoms with Gasteiger partial charge >= 0.3 is 0 Å². The molecule has 1 aliphatic rings. The van der Waals surface area contributed by atoms with Gasteiger partial charge in [-0.1, -0.05) is 53.5 Å². The van der Waals surface area contributed by atoms with E-state index in [1.807, 2.05) is 49.4 Å². The van der Waals surface area contributed by atoms with Crippen LogP contribution in [0.25, 0.3) is 0 Å². The SMILES string of the molecule is Cc1ccc(CN(CCc2ccccc2)C(=O)CN(CC2CCCO2)C(=O)c2ccc(Cl)c(Cl)c2)o1. The summed E-state index contributed by atoms with van der Waals surface area (Å²) in [6, 6.07) is 18.5. The molecule has 6 nitrogen and oxygen atoms in total. The first-order valence-corrected chi connectivity index (χ1v) is 12.9. The molecule has 1 aromatic heterocycles. The van der Waals surface area contributed by atoms with Crippen molar-refractivity contribution >= 4 is 35.0 Å². The minimum absolute atomic E-state index is 0.0760. The summed E-state index contributed by atoms with van der Waals surface area (Å²) in [6.45, 7) is 3.61. The summed E-state index contributed by atoms with van der Waals surface area (Å²) in [7, 11) is 0. The number of hydrogen-bond donors (Lipinski definition) is 0. The van der Waals surface area contributed by atoms with Crippen LogP contribution in [0.15, 0.2) is 65.1 Å². The van der Waals surface area contributed by atoms with Crippen LogP contribution < -0.4 is 0 Å². The molecule has 1 unspecified atom stereocenters. The average Bonchev–Trinajstić information content (AvgIpc) is 3.54. The largest absolute Gasteiger partial charge is 0.464 e. The second-order valence-electron chi connectivity index (χ2n) is 9.01. The Kier molecular flexibility index (Phi) is 9.08. The van der Waals surface area contributed by atoms with Crippen molar-refractivity contribution in [3.05, 3.63) is 93.4 Å². The molecule has 3 aromatic rings. The highest BCUT2D eigenvalue weighted by Gasteiger charge is 2.27. The maximum Gasteiger partial charge on any atom is 0.254 e. The van der Waals surface area contributed by atoms with E-state index in [-0.39, 0.29) is 24.5 Å². The fraction of sp³-hybridized carbons (Fsp3) is 0.357. The Labute approximate surface area is 221 Å². The Morgan fingerprint density at radius 3 is 2.47 bits per heavy atom. The molecular formula is C28H30Cl2N2O4. The Morgan fingerprint density at radius 1 is 1.00 bits per heavy atom. The Bertz CT molecular complexity index is 1180. The quantitative estimate of drug-likeness (QED) is 0.334. The minimum atomic E-state index is -0.283. The lowest BCUT2D eigenvalue weighted by molar-refractivity contribution is -0.133. The van der Waals surface area contributed by atoms with Crippen LogP contribution in [0.4, 0.5) is 0 Å². The normalized spacial score (nSPS) is 15.1. The summed E-state index contributed by atoms with van der Waals surface area (Å²) in [5, 5.41) is 0.666. The van der Waals surface area contributed by atoms with Crippen molar-refractivity contribution in [2.75, 3.05) is 26.2 Å². The fourth-order valence-corrected chi connectivity index (χ4v) is 4.59. The van der Waals surface area contributed by atoms with Crippen LogP contribution in [0, 0.1) is 6.92 Å². The monoisotopic (exact) mass is 528 g/mol. The molecule has 1 atom stereocenters. The number of amides is 2. The molecule has 1 fully saturated rings. The topological polar surface area (TPSA) is 63.0 Å². The number of rotatable bonds is 10.